The predicted molar refractivity (Wildman–Crippen MR) is 28.7 cm³/mol. The van der Waals surface area contributed by atoms with E-state index in [2.05, 4.69) is 12.2 Å². The Bertz CT molecular complexity index is 76.5. The van der Waals surface area contributed by atoms with Gasteiger partial charge in [-0.1, -0.05) is 0 Å². The van der Waals surface area contributed by atoms with E-state index in [1.54, 1.807) is 0 Å². The maximum atomic E-state index is 8.00. The molecule has 0 N–H and O–H groups in total. The van der Waals surface area contributed by atoms with Gasteiger partial charge >= 0.3 is 0 Å². The summed E-state index contributed by atoms with van der Waals surface area (Å²) in [5.41, 5.74) is 0. The van der Waals surface area contributed by atoms with E-state index in [1.165, 1.54) is 0 Å². The van der Waals surface area contributed by atoms with Gasteiger partial charge in [0.15, 0.2) is 0 Å². The van der Waals surface area contributed by atoms with Gasteiger partial charge in [-0.05, 0) is 0 Å². The Balaban J connectivity index is 0. The number of hydrogen-bond acceptors (Lipinski definition) is 1. The van der Waals surface area contributed by atoms with Crippen molar-refractivity contribution in [3.63, 3.8) is 0 Å². The van der Waals surface area contributed by atoms with Crippen LogP contribution in [0, 0.1) is 6.08 Å². The van der Waals surface area contributed by atoms with Crippen LogP contribution in [0.25, 0.3) is 0 Å². The third kappa shape index (κ3) is 5.68. The fraction of sp³-hybridized carbons (Fsp3) is 0.167. The molecule has 0 aliphatic heterocycles. The molecule has 0 unspecified atom stereocenters. The summed E-state index contributed by atoms with van der Waals surface area (Å²) in [7, 11) is 0. The molecule has 8 heavy (non-hydrogen) atoms. The largest absolute Gasteiger partial charge is 0.307 e. The van der Waals surface area contributed by atoms with Crippen molar-refractivity contribution in [2.75, 3.05) is 0 Å². The van der Waals surface area contributed by atoms with E-state index in [9.17, 15) is 0 Å². The van der Waals surface area contributed by atoms with Gasteiger partial charge < -0.3 is 4.79 Å². The van der Waals surface area contributed by atoms with Crippen LogP contribution in [0.1, 0.15) is 6.42 Å². The Hall–Kier alpha value is -0.318. The third-order valence-corrected chi connectivity index (χ3v) is 0.586. The predicted octanol–water partition coefficient (Wildman–Crippen LogP) is 1.12. The Kier molecular flexibility index (Phi) is 13.1. The molecule has 1 aliphatic rings. The standard InChI is InChI=1S/C5H5.CH2O.Cr/c1-2-4-5-3-1;1-2;/h1-3H,4H2;1H2;/q-1;;. The fourth-order valence-electron chi connectivity index (χ4n) is 0.340. The summed E-state index contributed by atoms with van der Waals surface area (Å²) in [5.74, 6) is 0. The zero-order chi connectivity index (χ0) is 5.54. The summed E-state index contributed by atoms with van der Waals surface area (Å²) < 4.78 is 0. The maximum absolute atomic E-state index is 8.00. The molecule has 0 bridgehead atoms. The molecule has 2 heteroatoms. The molecule has 0 spiro atoms. The van der Waals surface area contributed by atoms with Crippen molar-refractivity contribution in [1.82, 2.24) is 0 Å². The van der Waals surface area contributed by atoms with Crippen molar-refractivity contribution in [1.29, 1.82) is 0 Å². The fourth-order valence-corrected chi connectivity index (χ4v) is 0.340. The van der Waals surface area contributed by atoms with E-state index in [1.807, 2.05) is 18.9 Å². The van der Waals surface area contributed by atoms with Crippen LogP contribution in [-0.4, -0.2) is 6.79 Å². The minimum Gasteiger partial charge on any atom is -0.307 e. The number of carbonyl (C=O) groups excluding carboxylic acids is 1. The Morgan fingerprint density at radius 2 is 2.12 bits per heavy atom. The molecule has 0 radical (unpaired) electrons. The normalized spacial score (nSPS) is 11.5. The van der Waals surface area contributed by atoms with Gasteiger partial charge in [0.05, 0.1) is 0 Å². The van der Waals surface area contributed by atoms with Crippen molar-refractivity contribution < 1.29 is 22.2 Å². The van der Waals surface area contributed by atoms with Crippen LogP contribution in [-0.2, 0) is 22.2 Å². The summed E-state index contributed by atoms with van der Waals surface area (Å²) in [4.78, 5) is 8.00. The molecule has 0 heterocycles. The van der Waals surface area contributed by atoms with Gasteiger partial charge in [0.2, 0.25) is 0 Å². The molecule has 0 saturated carbocycles. The molecule has 0 atom stereocenters. The van der Waals surface area contributed by atoms with E-state index >= 15 is 0 Å². The quantitative estimate of drug-likeness (QED) is 0.469. The van der Waals surface area contributed by atoms with Crippen LogP contribution < -0.4 is 0 Å². The average molecular weight is 147 g/mol. The first-order valence-corrected chi connectivity index (χ1v) is 2.01. The zero-order valence-corrected chi connectivity index (χ0v) is 5.74. The third-order valence-electron chi connectivity index (χ3n) is 0.586. The van der Waals surface area contributed by atoms with Gasteiger partial charge in [0.1, 0.15) is 6.79 Å². The first kappa shape index (κ1) is 10.6. The SMILES string of the molecule is C=O.[C-]1=CC=CC1.[Cr]. The van der Waals surface area contributed by atoms with E-state index < -0.39 is 0 Å². The van der Waals surface area contributed by atoms with Crippen molar-refractivity contribution in [2.45, 2.75) is 6.42 Å². The molecule has 1 rings (SSSR count). The average Bonchev–Trinajstić information content (AvgIpc) is 2.23. The van der Waals surface area contributed by atoms with E-state index in [0.717, 1.165) is 6.42 Å². The van der Waals surface area contributed by atoms with Crippen LogP contribution in [0.15, 0.2) is 18.2 Å². The topological polar surface area (TPSA) is 17.1 Å². The summed E-state index contributed by atoms with van der Waals surface area (Å²) >= 11 is 0. The Labute approximate surface area is 60.2 Å². The number of rotatable bonds is 0. The molecule has 0 saturated heterocycles. The summed E-state index contributed by atoms with van der Waals surface area (Å²) in [6.07, 6.45) is 10.0. The van der Waals surface area contributed by atoms with Crippen molar-refractivity contribution in [3.05, 3.63) is 24.3 Å². The summed E-state index contributed by atoms with van der Waals surface area (Å²) in [6.45, 7) is 2.00. The van der Waals surface area contributed by atoms with Crippen LogP contribution in [0.5, 0.6) is 0 Å². The van der Waals surface area contributed by atoms with E-state index in [4.69, 9.17) is 4.79 Å². The van der Waals surface area contributed by atoms with Gasteiger partial charge in [-0.25, -0.2) is 12.2 Å². The summed E-state index contributed by atoms with van der Waals surface area (Å²) in [6, 6.07) is 0. The van der Waals surface area contributed by atoms with Gasteiger partial charge in [-0.3, -0.25) is 6.08 Å². The molecule has 1 aliphatic carbocycles. The van der Waals surface area contributed by atoms with Crippen molar-refractivity contribution >= 4 is 6.79 Å². The van der Waals surface area contributed by atoms with Gasteiger partial charge in [-0.2, -0.15) is 6.08 Å². The molecule has 0 aromatic carbocycles. The zero-order valence-electron chi connectivity index (χ0n) is 4.46. The monoisotopic (exact) mass is 147 g/mol. The molecule has 0 aromatic heterocycles. The Morgan fingerprint density at radius 3 is 2.25 bits per heavy atom. The van der Waals surface area contributed by atoms with Gasteiger partial charge in [0, 0.05) is 17.4 Å². The molecular formula is C6H7CrO-. The minimum absolute atomic E-state index is 0. The Morgan fingerprint density at radius 1 is 1.50 bits per heavy atom. The molecule has 1 nitrogen and oxygen atoms in total. The smallest absolute Gasteiger partial charge is 0.106 e. The molecule has 0 fully saturated rings. The minimum atomic E-state index is 0. The number of allylic oxidation sites excluding steroid dienone is 4. The number of carbonyl (C=O) groups is 1. The summed E-state index contributed by atoms with van der Waals surface area (Å²) in [5, 5.41) is 0. The first-order valence-electron chi connectivity index (χ1n) is 2.01. The van der Waals surface area contributed by atoms with Crippen LogP contribution >= 0.6 is 0 Å². The molecular weight excluding hydrogens is 140 g/mol. The first-order chi connectivity index (χ1) is 3.50. The van der Waals surface area contributed by atoms with Crippen molar-refractivity contribution in [2.24, 2.45) is 0 Å². The van der Waals surface area contributed by atoms with Crippen molar-refractivity contribution in [3.8, 4) is 0 Å². The second kappa shape index (κ2) is 9.84. The molecule has 0 amide bonds. The van der Waals surface area contributed by atoms with Gasteiger partial charge in [-0.15, -0.1) is 6.42 Å². The molecule has 0 aromatic rings. The van der Waals surface area contributed by atoms with E-state index in [0.29, 0.717) is 0 Å². The van der Waals surface area contributed by atoms with Crippen LogP contribution in [0.3, 0.4) is 0 Å². The maximum Gasteiger partial charge on any atom is 0.106 e. The van der Waals surface area contributed by atoms with Crippen LogP contribution in [0.2, 0.25) is 0 Å². The van der Waals surface area contributed by atoms with Gasteiger partial charge in [0.25, 0.3) is 0 Å². The van der Waals surface area contributed by atoms with E-state index in [-0.39, 0.29) is 17.4 Å². The second-order valence-electron chi connectivity index (χ2n) is 1.00. The van der Waals surface area contributed by atoms with Crippen LogP contribution in [0.4, 0.5) is 0 Å². The number of hydrogen-bond donors (Lipinski definition) is 0. The molecule has 44 valence electrons. The second-order valence-corrected chi connectivity index (χ2v) is 1.00.